The molecule has 4 nitrogen and oxygen atoms in total. The normalized spacial score (nSPS) is 10.4. The number of hydrogen-bond acceptors (Lipinski definition) is 3. The van der Waals surface area contributed by atoms with Gasteiger partial charge >= 0.3 is 5.97 Å². The Morgan fingerprint density at radius 3 is 2.74 bits per heavy atom. The number of nitrogens with zero attached hydrogens (tertiary/aromatic N) is 2. The summed E-state index contributed by atoms with van der Waals surface area (Å²) in [5.41, 5.74) is 3.28. The summed E-state index contributed by atoms with van der Waals surface area (Å²) in [7, 11) is 0. The molecule has 0 atom stereocenters. The summed E-state index contributed by atoms with van der Waals surface area (Å²) in [6.07, 6.45) is 0. The average Bonchev–Trinajstić information content (AvgIpc) is 2.89. The summed E-state index contributed by atoms with van der Waals surface area (Å²) in [4.78, 5) is 12.2. The highest BCUT2D eigenvalue weighted by molar-refractivity contribution is 5.83. The van der Waals surface area contributed by atoms with Crippen LogP contribution in [0.1, 0.15) is 16.8 Å². The first-order valence-corrected chi connectivity index (χ1v) is 7.37. The second-order valence-corrected chi connectivity index (χ2v) is 5.36. The number of aromatic nitrogens is 1. The van der Waals surface area contributed by atoms with Gasteiger partial charge in [0.2, 0.25) is 0 Å². The number of nitriles is 1. The van der Waals surface area contributed by atoms with Crippen molar-refractivity contribution in [1.29, 1.82) is 5.26 Å². The summed E-state index contributed by atoms with van der Waals surface area (Å²) >= 11 is 0. The van der Waals surface area contributed by atoms with Crippen molar-refractivity contribution in [3.05, 3.63) is 71.4 Å². The van der Waals surface area contributed by atoms with Crippen LogP contribution in [0.25, 0.3) is 10.9 Å². The summed E-state index contributed by atoms with van der Waals surface area (Å²) in [5.74, 6) is -0.317. The van der Waals surface area contributed by atoms with Crippen LogP contribution in [0.4, 0.5) is 0 Å². The fourth-order valence-corrected chi connectivity index (χ4v) is 2.65. The van der Waals surface area contributed by atoms with E-state index >= 15 is 0 Å². The molecule has 3 aromatic rings. The minimum atomic E-state index is -0.317. The molecule has 23 heavy (non-hydrogen) atoms. The maximum atomic E-state index is 12.2. The van der Waals surface area contributed by atoms with Gasteiger partial charge in [0.15, 0.2) is 0 Å². The van der Waals surface area contributed by atoms with Gasteiger partial charge in [-0.1, -0.05) is 36.4 Å². The highest BCUT2D eigenvalue weighted by Crippen LogP contribution is 2.19. The van der Waals surface area contributed by atoms with Crippen LogP contribution in [0.15, 0.2) is 54.6 Å². The zero-order chi connectivity index (χ0) is 16.2. The molecule has 2 aromatic carbocycles. The van der Waals surface area contributed by atoms with Crippen LogP contribution in [0.3, 0.4) is 0 Å². The molecule has 0 aliphatic carbocycles. The number of aryl methyl sites for hydroxylation is 1. The van der Waals surface area contributed by atoms with Crippen LogP contribution in [-0.4, -0.2) is 10.5 Å². The Bertz CT molecular complexity index is 903. The van der Waals surface area contributed by atoms with E-state index in [4.69, 9.17) is 10.00 Å². The third-order valence-corrected chi connectivity index (χ3v) is 3.83. The number of para-hydroxylation sites is 1. The number of hydrogen-bond donors (Lipinski definition) is 0. The van der Waals surface area contributed by atoms with Gasteiger partial charge in [0, 0.05) is 16.8 Å². The predicted molar refractivity (Wildman–Crippen MR) is 87.6 cm³/mol. The number of carbonyl (C=O) groups is 1. The predicted octanol–water partition coefficient (Wildman–Crippen LogP) is 3.56. The number of ether oxygens (including phenoxy) is 1. The summed E-state index contributed by atoms with van der Waals surface area (Å²) in [6, 6.07) is 19.2. The zero-order valence-corrected chi connectivity index (χ0v) is 12.8. The zero-order valence-electron chi connectivity index (χ0n) is 12.8. The second kappa shape index (κ2) is 6.37. The van der Waals surface area contributed by atoms with E-state index in [9.17, 15) is 4.79 Å². The molecule has 0 saturated carbocycles. The summed E-state index contributed by atoms with van der Waals surface area (Å²) < 4.78 is 7.28. The Morgan fingerprint density at radius 2 is 1.91 bits per heavy atom. The average molecular weight is 304 g/mol. The molecule has 0 radical (unpaired) electrons. The first-order valence-electron chi connectivity index (χ1n) is 7.37. The van der Waals surface area contributed by atoms with E-state index in [1.54, 1.807) is 18.2 Å². The van der Waals surface area contributed by atoms with Gasteiger partial charge in [-0.3, -0.25) is 4.79 Å². The van der Waals surface area contributed by atoms with Gasteiger partial charge in [0.1, 0.15) is 13.2 Å². The minimum absolute atomic E-state index is 0.112. The molecule has 0 aliphatic rings. The van der Waals surface area contributed by atoms with Crippen molar-refractivity contribution in [1.82, 2.24) is 4.57 Å². The van der Waals surface area contributed by atoms with E-state index in [1.807, 2.05) is 47.9 Å². The Labute approximate surface area is 134 Å². The maximum Gasteiger partial charge on any atom is 0.326 e. The molecule has 1 heterocycles. The minimum Gasteiger partial charge on any atom is -0.459 e. The van der Waals surface area contributed by atoms with Gasteiger partial charge in [-0.2, -0.15) is 5.26 Å². The lowest BCUT2D eigenvalue weighted by Gasteiger charge is -2.09. The van der Waals surface area contributed by atoms with E-state index in [0.29, 0.717) is 5.56 Å². The van der Waals surface area contributed by atoms with Gasteiger partial charge in [-0.25, -0.2) is 0 Å². The molecule has 0 spiro atoms. The fraction of sp³-hybridized carbons (Fsp3) is 0.158. The quantitative estimate of drug-likeness (QED) is 0.692. The van der Waals surface area contributed by atoms with Crippen LogP contribution in [0, 0.1) is 18.3 Å². The van der Waals surface area contributed by atoms with Crippen molar-refractivity contribution in [3.63, 3.8) is 0 Å². The number of fused-ring (bicyclic) bond motifs is 1. The van der Waals surface area contributed by atoms with Crippen molar-refractivity contribution >= 4 is 16.9 Å². The molecule has 1 aromatic heterocycles. The molecule has 3 rings (SSSR count). The molecule has 0 aliphatic heterocycles. The molecular weight excluding hydrogens is 288 g/mol. The number of carbonyl (C=O) groups excluding carboxylic acids is 1. The van der Waals surface area contributed by atoms with E-state index < -0.39 is 0 Å². The molecule has 0 saturated heterocycles. The Balaban J connectivity index is 1.72. The summed E-state index contributed by atoms with van der Waals surface area (Å²) in [6.45, 7) is 2.24. The van der Waals surface area contributed by atoms with Crippen LogP contribution >= 0.6 is 0 Å². The van der Waals surface area contributed by atoms with Crippen LogP contribution < -0.4 is 0 Å². The summed E-state index contributed by atoms with van der Waals surface area (Å²) in [5, 5.41) is 10.2. The Kier molecular flexibility index (Phi) is 4.11. The Hall–Kier alpha value is -3.06. The first-order chi connectivity index (χ1) is 11.2. The lowest BCUT2D eigenvalue weighted by molar-refractivity contribution is -0.145. The molecule has 0 bridgehead atoms. The van der Waals surface area contributed by atoms with Gasteiger partial charge < -0.3 is 9.30 Å². The van der Waals surface area contributed by atoms with Crippen LogP contribution in [0.5, 0.6) is 0 Å². The lowest BCUT2D eigenvalue weighted by Crippen LogP contribution is -2.14. The topological polar surface area (TPSA) is 55.0 Å². The molecule has 4 heteroatoms. The molecule has 114 valence electrons. The lowest BCUT2D eigenvalue weighted by atomic mass is 10.1. The monoisotopic (exact) mass is 304 g/mol. The highest BCUT2D eigenvalue weighted by atomic mass is 16.5. The van der Waals surface area contributed by atoms with Crippen LogP contribution in [0.2, 0.25) is 0 Å². The number of rotatable bonds is 4. The molecule has 0 fully saturated rings. The highest BCUT2D eigenvalue weighted by Gasteiger charge is 2.11. The first kappa shape index (κ1) is 14.9. The van der Waals surface area contributed by atoms with E-state index in [0.717, 1.165) is 22.2 Å². The molecule has 0 N–H and O–H groups in total. The van der Waals surface area contributed by atoms with Crippen molar-refractivity contribution in [2.24, 2.45) is 0 Å². The van der Waals surface area contributed by atoms with Gasteiger partial charge in [0.05, 0.1) is 11.6 Å². The third-order valence-electron chi connectivity index (χ3n) is 3.83. The van der Waals surface area contributed by atoms with Crippen molar-refractivity contribution in [3.8, 4) is 6.07 Å². The van der Waals surface area contributed by atoms with Crippen LogP contribution in [-0.2, 0) is 22.7 Å². The van der Waals surface area contributed by atoms with Crippen molar-refractivity contribution < 1.29 is 9.53 Å². The van der Waals surface area contributed by atoms with Gasteiger partial charge in [-0.15, -0.1) is 0 Å². The SMILES string of the molecule is Cc1cc2ccccc2n1CC(=O)OCc1ccccc1C#N. The molecule has 0 unspecified atom stereocenters. The fourth-order valence-electron chi connectivity index (χ4n) is 2.65. The van der Waals surface area contributed by atoms with Crippen molar-refractivity contribution in [2.75, 3.05) is 0 Å². The van der Waals surface area contributed by atoms with Crippen molar-refractivity contribution in [2.45, 2.75) is 20.1 Å². The van der Waals surface area contributed by atoms with Gasteiger partial charge in [-0.05, 0) is 30.5 Å². The smallest absolute Gasteiger partial charge is 0.326 e. The standard InChI is InChI=1S/C19H16N2O2/c1-14-10-15-6-4-5-9-18(15)21(14)12-19(22)23-13-17-8-3-2-7-16(17)11-20/h2-10H,12-13H2,1H3. The molecule has 0 amide bonds. The number of esters is 1. The Morgan fingerprint density at radius 1 is 1.17 bits per heavy atom. The van der Waals surface area contributed by atoms with Gasteiger partial charge in [0.25, 0.3) is 0 Å². The maximum absolute atomic E-state index is 12.2. The van der Waals surface area contributed by atoms with E-state index in [-0.39, 0.29) is 19.1 Å². The number of benzene rings is 2. The molecular formula is C19H16N2O2. The largest absolute Gasteiger partial charge is 0.459 e. The second-order valence-electron chi connectivity index (χ2n) is 5.36. The van der Waals surface area contributed by atoms with E-state index in [2.05, 4.69) is 6.07 Å². The third kappa shape index (κ3) is 3.09. The van der Waals surface area contributed by atoms with E-state index in [1.165, 1.54) is 0 Å².